The van der Waals surface area contributed by atoms with E-state index in [2.05, 4.69) is 4.98 Å². The lowest BCUT2D eigenvalue weighted by Crippen LogP contribution is -1.88. The molecule has 0 unspecified atom stereocenters. The molecule has 0 amide bonds. The molecule has 0 fully saturated rings. The molecule has 0 atom stereocenters. The van der Waals surface area contributed by atoms with Gasteiger partial charge in [-0.2, -0.15) is 0 Å². The number of carbonyl (C=O) groups excluding carboxylic acids is 1. The summed E-state index contributed by atoms with van der Waals surface area (Å²) in [6.07, 6.45) is 1.90. The molecule has 21 heavy (non-hydrogen) atoms. The number of nitrogens with zero attached hydrogens (tertiary/aromatic N) is 1. The van der Waals surface area contributed by atoms with Gasteiger partial charge in [0, 0.05) is 11.1 Å². The molecule has 104 valence electrons. The Bertz CT molecular complexity index is 797. The van der Waals surface area contributed by atoms with Crippen molar-refractivity contribution in [3.8, 4) is 28.5 Å². The summed E-state index contributed by atoms with van der Waals surface area (Å²) < 4.78 is 19.1. The lowest BCUT2D eigenvalue weighted by Gasteiger charge is -2.02. The van der Waals surface area contributed by atoms with Crippen molar-refractivity contribution in [1.82, 2.24) is 4.98 Å². The standard InChI is InChI=1S/C16H10FNO3/c17-13-7-11(6-12(9-19)15(13)20)16-18-8-14(21-16)10-4-2-1-3-5-10/h1-9,20H. The van der Waals surface area contributed by atoms with Gasteiger partial charge in [-0.15, -0.1) is 0 Å². The fourth-order valence-corrected chi connectivity index (χ4v) is 1.98. The molecule has 5 heteroatoms. The van der Waals surface area contributed by atoms with Crippen LogP contribution in [0.1, 0.15) is 10.4 Å². The summed E-state index contributed by atoms with van der Waals surface area (Å²) in [5.41, 5.74) is 0.977. The second-order valence-corrected chi connectivity index (χ2v) is 4.41. The molecule has 0 saturated heterocycles. The minimum absolute atomic E-state index is 0.149. The molecule has 1 N–H and O–H groups in total. The van der Waals surface area contributed by atoms with Crippen LogP contribution in [-0.4, -0.2) is 16.4 Å². The molecule has 0 bridgehead atoms. The number of oxazole rings is 1. The summed E-state index contributed by atoms with van der Waals surface area (Å²) in [7, 11) is 0. The Kier molecular flexibility index (Phi) is 3.23. The molecule has 0 radical (unpaired) electrons. The number of aldehydes is 1. The Hall–Kier alpha value is -2.95. The van der Waals surface area contributed by atoms with Gasteiger partial charge < -0.3 is 9.52 Å². The summed E-state index contributed by atoms with van der Waals surface area (Å²) in [5.74, 6) is -0.861. The maximum absolute atomic E-state index is 13.6. The number of hydrogen-bond acceptors (Lipinski definition) is 4. The third kappa shape index (κ3) is 2.41. The fraction of sp³-hybridized carbons (Fsp3) is 0. The number of aromatic hydroxyl groups is 1. The lowest BCUT2D eigenvalue weighted by molar-refractivity contribution is 0.112. The first-order valence-corrected chi connectivity index (χ1v) is 6.18. The molecule has 0 aliphatic heterocycles. The highest BCUT2D eigenvalue weighted by Gasteiger charge is 2.14. The van der Waals surface area contributed by atoms with Gasteiger partial charge >= 0.3 is 0 Å². The first-order chi connectivity index (χ1) is 10.2. The van der Waals surface area contributed by atoms with Crippen LogP contribution in [0, 0.1) is 5.82 Å². The second-order valence-electron chi connectivity index (χ2n) is 4.41. The number of halogens is 1. The molecule has 3 rings (SSSR count). The van der Waals surface area contributed by atoms with Crippen molar-refractivity contribution in [2.45, 2.75) is 0 Å². The second kappa shape index (κ2) is 5.20. The van der Waals surface area contributed by atoms with Crippen molar-refractivity contribution in [2.75, 3.05) is 0 Å². The van der Waals surface area contributed by atoms with Gasteiger partial charge in [-0.1, -0.05) is 30.3 Å². The summed E-state index contributed by atoms with van der Waals surface area (Å²) in [5, 5.41) is 9.39. The van der Waals surface area contributed by atoms with E-state index < -0.39 is 11.6 Å². The SMILES string of the molecule is O=Cc1cc(-c2ncc(-c3ccccc3)o2)cc(F)c1O. The Morgan fingerprint density at radius 2 is 1.90 bits per heavy atom. The van der Waals surface area contributed by atoms with E-state index in [9.17, 15) is 14.3 Å². The van der Waals surface area contributed by atoms with Crippen LogP contribution in [0.3, 0.4) is 0 Å². The van der Waals surface area contributed by atoms with Crippen molar-refractivity contribution in [3.05, 3.63) is 60.0 Å². The Balaban J connectivity index is 2.05. The largest absolute Gasteiger partial charge is 0.504 e. The third-order valence-corrected chi connectivity index (χ3v) is 3.03. The van der Waals surface area contributed by atoms with Crippen LogP contribution < -0.4 is 0 Å². The number of hydrogen-bond donors (Lipinski definition) is 1. The van der Waals surface area contributed by atoms with E-state index in [0.717, 1.165) is 11.6 Å². The molecule has 0 saturated carbocycles. The van der Waals surface area contributed by atoms with Crippen LogP contribution >= 0.6 is 0 Å². The Morgan fingerprint density at radius 3 is 2.62 bits per heavy atom. The van der Waals surface area contributed by atoms with Gasteiger partial charge in [-0.25, -0.2) is 9.37 Å². The molecule has 1 aromatic heterocycles. The van der Waals surface area contributed by atoms with E-state index in [-0.39, 0.29) is 17.0 Å². The Morgan fingerprint density at radius 1 is 1.14 bits per heavy atom. The molecule has 0 spiro atoms. The van der Waals surface area contributed by atoms with Crippen molar-refractivity contribution in [3.63, 3.8) is 0 Å². The zero-order chi connectivity index (χ0) is 14.8. The minimum atomic E-state index is -0.894. The predicted molar refractivity (Wildman–Crippen MR) is 74.4 cm³/mol. The number of aromatic nitrogens is 1. The maximum atomic E-state index is 13.6. The number of rotatable bonds is 3. The van der Waals surface area contributed by atoms with Gasteiger partial charge in [0.25, 0.3) is 0 Å². The van der Waals surface area contributed by atoms with Crippen LogP contribution in [0.15, 0.2) is 53.1 Å². The smallest absolute Gasteiger partial charge is 0.226 e. The number of phenolic OH excluding ortho intramolecular Hbond substituents is 1. The average molecular weight is 283 g/mol. The van der Waals surface area contributed by atoms with Gasteiger partial charge in [0.2, 0.25) is 5.89 Å². The fourth-order valence-electron chi connectivity index (χ4n) is 1.98. The number of benzene rings is 2. The van der Waals surface area contributed by atoms with Crippen LogP contribution in [0.25, 0.3) is 22.8 Å². The van der Waals surface area contributed by atoms with E-state index >= 15 is 0 Å². The highest BCUT2D eigenvalue weighted by molar-refractivity contribution is 5.82. The van der Waals surface area contributed by atoms with Crippen molar-refractivity contribution >= 4 is 6.29 Å². The topological polar surface area (TPSA) is 63.3 Å². The van der Waals surface area contributed by atoms with E-state index in [0.29, 0.717) is 12.0 Å². The zero-order valence-corrected chi connectivity index (χ0v) is 10.8. The monoisotopic (exact) mass is 283 g/mol. The van der Waals surface area contributed by atoms with Crippen LogP contribution in [0.5, 0.6) is 5.75 Å². The van der Waals surface area contributed by atoms with Crippen LogP contribution in [-0.2, 0) is 0 Å². The van der Waals surface area contributed by atoms with E-state index in [1.165, 1.54) is 12.3 Å². The predicted octanol–water partition coefficient (Wildman–Crippen LogP) is 3.67. The lowest BCUT2D eigenvalue weighted by atomic mass is 10.1. The first kappa shape index (κ1) is 13.1. The molecule has 3 aromatic rings. The van der Waals surface area contributed by atoms with Gasteiger partial charge in [0.1, 0.15) is 0 Å². The van der Waals surface area contributed by atoms with Gasteiger partial charge in [0.15, 0.2) is 23.6 Å². The highest BCUT2D eigenvalue weighted by Crippen LogP contribution is 2.30. The van der Waals surface area contributed by atoms with E-state index in [1.54, 1.807) is 0 Å². The van der Waals surface area contributed by atoms with Gasteiger partial charge in [0.05, 0.1) is 11.8 Å². The molecule has 2 aromatic carbocycles. The molecule has 1 heterocycles. The summed E-state index contributed by atoms with van der Waals surface area (Å²) in [6, 6.07) is 11.7. The highest BCUT2D eigenvalue weighted by atomic mass is 19.1. The minimum Gasteiger partial charge on any atom is -0.504 e. The first-order valence-electron chi connectivity index (χ1n) is 6.18. The number of phenols is 1. The molecular formula is C16H10FNO3. The van der Waals surface area contributed by atoms with Gasteiger partial charge in [-0.3, -0.25) is 4.79 Å². The average Bonchev–Trinajstić information content (AvgIpc) is 3.00. The van der Waals surface area contributed by atoms with Crippen molar-refractivity contribution in [2.24, 2.45) is 0 Å². The van der Waals surface area contributed by atoms with Gasteiger partial charge in [-0.05, 0) is 12.1 Å². The maximum Gasteiger partial charge on any atom is 0.226 e. The van der Waals surface area contributed by atoms with Crippen LogP contribution in [0.4, 0.5) is 4.39 Å². The quantitative estimate of drug-likeness (QED) is 0.745. The third-order valence-electron chi connectivity index (χ3n) is 3.03. The molecule has 4 nitrogen and oxygen atoms in total. The summed E-state index contributed by atoms with van der Waals surface area (Å²) >= 11 is 0. The molecular weight excluding hydrogens is 273 g/mol. The molecule has 0 aliphatic carbocycles. The zero-order valence-electron chi connectivity index (χ0n) is 10.8. The molecule has 0 aliphatic rings. The summed E-state index contributed by atoms with van der Waals surface area (Å²) in [6.45, 7) is 0. The normalized spacial score (nSPS) is 10.5. The summed E-state index contributed by atoms with van der Waals surface area (Å²) in [4.78, 5) is 14.9. The van der Waals surface area contributed by atoms with E-state index in [4.69, 9.17) is 4.42 Å². The van der Waals surface area contributed by atoms with Crippen LogP contribution in [0.2, 0.25) is 0 Å². The van der Waals surface area contributed by atoms with E-state index in [1.807, 2.05) is 30.3 Å². The van der Waals surface area contributed by atoms with Crippen molar-refractivity contribution < 1.29 is 18.7 Å². The number of carbonyl (C=O) groups is 1. The van der Waals surface area contributed by atoms with Crippen molar-refractivity contribution in [1.29, 1.82) is 0 Å². The Labute approximate surface area is 119 Å².